The number of halogens is 6. The number of alkyl halides is 6. The van der Waals surface area contributed by atoms with Crippen LogP contribution < -0.4 is 15.4 Å². The van der Waals surface area contributed by atoms with E-state index in [4.69, 9.17) is 0 Å². The van der Waals surface area contributed by atoms with E-state index in [9.17, 15) is 26.3 Å². The molecular weight excluding hydrogens is 426 g/mol. The number of nitrogens with one attached hydrogen (secondary N) is 2. The lowest BCUT2D eigenvalue weighted by Crippen LogP contribution is -2.17. The van der Waals surface area contributed by atoms with Gasteiger partial charge in [0.15, 0.2) is 0 Å². The number of ether oxygens (including phenoxy) is 1. The number of nitrogens with zero attached hydrogens (tertiary/aromatic N) is 2. The van der Waals surface area contributed by atoms with Gasteiger partial charge in [0.1, 0.15) is 11.6 Å². The second kappa shape index (κ2) is 8.32. The van der Waals surface area contributed by atoms with Crippen LogP contribution in [-0.4, -0.2) is 23.4 Å². The molecule has 1 aromatic heterocycles. The van der Waals surface area contributed by atoms with Crippen molar-refractivity contribution in [3.63, 3.8) is 0 Å². The predicted molar refractivity (Wildman–Crippen MR) is 103 cm³/mol. The first-order valence-corrected chi connectivity index (χ1v) is 8.83. The summed E-state index contributed by atoms with van der Waals surface area (Å²) < 4.78 is 81.0. The summed E-state index contributed by atoms with van der Waals surface area (Å²) in [5.74, 6) is -0.163. The third kappa shape index (κ3) is 5.56. The number of rotatable bonds is 5. The summed E-state index contributed by atoms with van der Waals surface area (Å²) in [6.45, 7) is 1.32. The van der Waals surface area contributed by atoms with E-state index in [1.165, 1.54) is 44.3 Å². The zero-order valence-electron chi connectivity index (χ0n) is 16.2. The van der Waals surface area contributed by atoms with Crippen LogP contribution in [0.5, 0.6) is 5.75 Å². The molecule has 3 aromatic rings. The van der Waals surface area contributed by atoms with E-state index in [0.717, 1.165) is 18.2 Å². The van der Waals surface area contributed by atoms with Gasteiger partial charge in [-0.25, -0.2) is 4.98 Å². The van der Waals surface area contributed by atoms with Crippen molar-refractivity contribution in [2.75, 3.05) is 17.7 Å². The molecule has 5 nitrogen and oxygen atoms in total. The average Bonchev–Trinajstić information content (AvgIpc) is 2.67. The molecule has 11 heteroatoms. The zero-order valence-corrected chi connectivity index (χ0v) is 16.2. The lowest BCUT2D eigenvalue weighted by molar-refractivity contribution is -0.274. The minimum atomic E-state index is -4.85. The van der Waals surface area contributed by atoms with Gasteiger partial charge in [0.05, 0.1) is 11.3 Å². The maximum absolute atomic E-state index is 13.2. The van der Waals surface area contributed by atoms with Gasteiger partial charge < -0.3 is 15.4 Å². The fourth-order valence-electron chi connectivity index (χ4n) is 2.84. The Balaban J connectivity index is 1.99. The summed E-state index contributed by atoms with van der Waals surface area (Å²) in [7, 11) is 1.53. The van der Waals surface area contributed by atoms with E-state index in [0.29, 0.717) is 5.56 Å². The molecule has 0 atom stereocenters. The van der Waals surface area contributed by atoms with Gasteiger partial charge in [0.2, 0.25) is 5.95 Å². The van der Waals surface area contributed by atoms with Gasteiger partial charge in [0.25, 0.3) is 0 Å². The Morgan fingerprint density at radius 3 is 2.26 bits per heavy atom. The first-order chi connectivity index (χ1) is 14.5. The maximum Gasteiger partial charge on any atom is 0.573 e. The van der Waals surface area contributed by atoms with Crippen molar-refractivity contribution in [3.05, 3.63) is 59.7 Å². The molecular formula is C20H16F6N4O. The molecule has 0 spiro atoms. The van der Waals surface area contributed by atoms with Gasteiger partial charge in [-0.15, -0.1) is 13.2 Å². The summed E-state index contributed by atoms with van der Waals surface area (Å²) >= 11 is 0. The van der Waals surface area contributed by atoms with Crippen molar-refractivity contribution in [1.82, 2.24) is 9.97 Å². The van der Waals surface area contributed by atoms with Crippen LogP contribution in [0.1, 0.15) is 11.1 Å². The molecule has 0 aliphatic rings. The van der Waals surface area contributed by atoms with E-state index in [1.807, 2.05) is 0 Å². The zero-order chi connectivity index (χ0) is 22.8. The molecule has 2 aromatic carbocycles. The highest BCUT2D eigenvalue weighted by molar-refractivity contribution is 5.70. The Kier molecular flexibility index (Phi) is 5.96. The summed E-state index contributed by atoms with van der Waals surface area (Å²) in [4.78, 5) is 8.36. The molecule has 0 aliphatic carbocycles. The van der Waals surface area contributed by atoms with Crippen molar-refractivity contribution < 1.29 is 31.1 Å². The normalized spacial score (nSPS) is 11.9. The van der Waals surface area contributed by atoms with Crippen LogP contribution in [0.4, 0.5) is 43.8 Å². The van der Waals surface area contributed by atoms with Gasteiger partial charge in [-0.3, -0.25) is 0 Å². The highest BCUT2D eigenvalue weighted by Gasteiger charge is 2.33. The van der Waals surface area contributed by atoms with Crippen molar-refractivity contribution in [2.45, 2.75) is 19.5 Å². The Bertz CT molecular complexity index is 1080. The van der Waals surface area contributed by atoms with Crippen LogP contribution in [0, 0.1) is 6.92 Å². The Morgan fingerprint density at radius 1 is 0.903 bits per heavy atom. The third-order valence-electron chi connectivity index (χ3n) is 4.22. The van der Waals surface area contributed by atoms with E-state index in [2.05, 4.69) is 25.3 Å². The minimum Gasteiger partial charge on any atom is -0.406 e. The fourth-order valence-corrected chi connectivity index (χ4v) is 2.84. The molecule has 0 saturated heterocycles. The first-order valence-electron chi connectivity index (χ1n) is 8.83. The molecule has 0 aliphatic heterocycles. The smallest absolute Gasteiger partial charge is 0.406 e. The second-order valence-corrected chi connectivity index (χ2v) is 6.39. The molecule has 0 saturated carbocycles. The van der Waals surface area contributed by atoms with Gasteiger partial charge >= 0.3 is 12.5 Å². The molecule has 2 N–H and O–H groups in total. The van der Waals surface area contributed by atoms with Gasteiger partial charge in [0, 0.05) is 24.4 Å². The van der Waals surface area contributed by atoms with Crippen LogP contribution in [0.25, 0.3) is 11.3 Å². The van der Waals surface area contributed by atoms with E-state index in [1.54, 1.807) is 0 Å². The predicted octanol–water partition coefficient (Wildman–Crippen LogP) is 6.15. The van der Waals surface area contributed by atoms with Gasteiger partial charge in [-0.05, 0) is 36.8 Å². The molecule has 0 bridgehead atoms. The van der Waals surface area contributed by atoms with Crippen molar-refractivity contribution in [3.8, 4) is 17.0 Å². The summed E-state index contributed by atoms with van der Waals surface area (Å²) in [5.41, 5.74) is -0.112. The van der Waals surface area contributed by atoms with E-state index in [-0.39, 0.29) is 28.7 Å². The average molecular weight is 442 g/mol. The fraction of sp³-hybridized carbons (Fsp3) is 0.200. The van der Waals surface area contributed by atoms with E-state index < -0.39 is 23.9 Å². The molecule has 0 amide bonds. The minimum absolute atomic E-state index is 0.0262. The standard InChI is InChI=1S/C20H16F6N4O/c1-11-14(19(21,22)23)7-4-8-15(11)28-17-10-16(29-18(27-2)30-17)12-5-3-6-13(9-12)31-20(24,25)26/h3-10H,1-2H3,(H2,27,28,29,30). The topological polar surface area (TPSA) is 59.1 Å². The lowest BCUT2D eigenvalue weighted by atomic mass is 10.1. The molecule has 0 radical (unpaired) electrons. The lowest BCUT2D eigenvalue weighted by Gasteiger charge is -2.16. The van der Waals surface area contributed by atoms with Crippen LogP contribution in [0.3, 0.4) is 0 Å². The Hall–Kier alpha value is -3.50. The van der Waals surface area contributed by atoms with E-state index >= 15 is 0 Å². The SMILES string of the molecule is CNc1nc(Nc2cccc(C(F)(F)F)c2C)cc(-c2cccc(OC(F)(F)F)c2)n1. The molecule has 3 rings (SSSR count). The number of anilines is 3. The highest BCUT2D eigenvalue weighted by atomic mass is 19.4. The quantitative estimate of drug-likeness (QED) is 0.464. The first kappa shape index (κ1) is 22.2. The van der Waals surface area contributed by atoms with Crippen molar-refractivity contribution in [2.24, 2.45) is 0 Å². The van der Waals surface area contributed by atoms with Gasteiger partial charge in [-0.1, -0.05) is 18.2 Å². The van der Waals surface area contributed by atoms with Crippen molar-refractivity contribution in [1.29, 1.82) is 0 Å². The monoisotopic (exact) mass is 442 g/mol. The Labute approximate surface area is 173 Å². The van der Waals surface area contributed by atoms with Crippen LogP contribution in [-0.2, 0) is 6.18 Å². The number of hydrogen-bond donors (Lipinski definition) is 2. The highest BCUT2D eigenvalue weighted by Crippen LogP contribution is 2.36. The van der Waals surface area contributed by atoms with Crippen LogP contribution >= 0.6 is 0 Å². The Morgan fingerprint density at radius 2 is 1.61 bits per heavy atom. The molecule has 0 unspecified atom stereocenters. The third-order valence-corrected chi connectivity index (χ3v) is 4.22. The van der Waals surface area contributed by atoms with Crippen molar-refractivity contribution >= 4 is 17.5 Å². The van der Waals surface area contributed by atoms with Crippen LogP contribution in [0.2, 0.25) is 0 Å². The molecule has 164 valence electrons. The number of aromatic nitrogens is 2. The summed E-state index contributed by atoms with van der Waals surface area (Å²) in [6.07, 6.45) is -9.37. The van der Waals surface area contributed by atoms with Crippen LogP contribution in [0.15, 0.2) is 48.5 Å². The molecule has 1 heterocycles. The summed E-state index contributed by atoms with van der Waals surface area (Å²) in [6, 6.07) is 10.3. The molecule has 0 fully saturated rings. The van der Waals surface area contributed by atoms with Gasteiger partial charge in [-0.2, -0.15) is 18.2 Å². The largest absolute Gasteiger partial charge is 0.573 e. The second-order valence-electron chi connectivity index (χ2n) is 6.39. The summed E-state index contributed by atoms with van der Waals surface area (Å²) in [5, 5.41) is 5.53. The molecule has 31 heavy (non-hydrogen) atoms. The number of hydrogen-bond acceptors (Lipinski definition) is 5. The maximum atomic E-state index is 13.2. The number of benzene rings is 2.